The highest BCUT2D eigenvalue weighted by atomic mass is 16.3. The number of nitrogens with zero attached hydrogens (tertiary/aromatic N) is 2. The molecule has 0 amide bonds. The van der Waals surface area contributed by atoms with Crippen LogP contribution >= 0.6 is 0 Å². The summed E-state index contributed by atoms with van der Waals surface area (Å²) in [5.74, 6) is 2.58. The maximum absolute atomic E-state index is 5.11. The van der Waals surface area contributed by atoms with Gasteiger partial charge in [-0.15, -0.1) is 6.42 Å². The quantitative estimate of drug-likeness (QED) is 0.521. The molecule has 2 rings (SSSR count). The Kier molecular flexibility index (Phi) is 1.13. The van der Waals surface area contributed by atoms with E-state index in [0.717, 1.165) is 0 Å². The van der Waals surface area contributed by atoms with Crippen molar-refractivity contribution >= 4 is 11.2 Å². The van der Waals surface area contributed by atoms with E-state index in [-0.39, 0.29) is 5.89 Å². The molecular formula is C8H4N2O. The third kappa shape index (κ3) is 0.849. The van der Waals surface area contributed by atoms with Gasteiger partial charge in [0.2, 0.25) is 0 Å². The van der Waals surface area contributed by atoms with Crippen molar-refractivity contribution in [1.29, 1.82) is 0 Å². The Hall–Kier alpha value is -1.82. The fraction of sp³-hybridized carbons (Fsp3) is 0. The number of rotatable bonds is 0. The smallest absolute Gasteiger partial charge is 0.275 e. The Balaban J connectivity index is 2.81. The summed E-state index contributed by atoms with van der Waals surface area (Å²) in [6, 6.07) is 3.55. The molecule has 0 atom stereocenters. The first kappa shape index (κ1) is 5.93. The van der Waals surface area contributed by atoms with Gasteiger partial charge in [-0.25, -0.2) is 4.98 Å². The third-order valence-corrected chi connectivity index (χ3v) is 1.29. The average Bonchev–Trinajstić information content (AvgIpc) is 2.46. The summed E-state index contributed by atoms with van der Waals surface area (Å²) in [5, 5.41) is 0. The van der Waals surface area contributed by atoms with Crippen molar-refractivity contribution in [3.8, 4) is 12.3 Å². The van der Waals surface area contributed by atoms with Gasteiger partial charge in [-0.3, -0.25) is 0 Å². The highest BCUT2D eigenvalue weighted by Gasteiger charge is 2.01. The van der Waals surface area contributed by atoms with Crippen LogP contribution in [0.4, 0.5) is 0 Å². The number of hydrogen-bond donors (Lipinski definition) is 0. The van der Waals surface area contributed by atoms with Crippen molar-refractivity contribution in [2.45, 2.75) is 0 Å². The number of terminal acetylenes is 1. The highest BCUT2D eigenvalue weighted by Crippen LogP contribution is 2.10. The lowest BCUT2D eigenvalue weighted by molar-refractivity contribution is 0.586. The molecule has 0 bridgehead atoms. The van der Waals surface area contributed by atoms with Crippen LogP contribution in [0.1, 0.15) is 5.89 Å². The lowest BCUT2D eigenvalue weighted by atomic mass is 10.5. The van der Waals surface area contributed by atoms with Crippen LogP contribution in [0.3, 0.4) is 0 Å². The molecule has 0 aliphatic heterocycles. The third-order valence-electron chi connectivity index (χ3n) is 1.29. The van der Waals surface area contributed by atoms with Crippen molar-refractivity contribution < 1.29 is 4.42 Å². The Morgan fingerprint density at radius 2 is 2.45 bits per heavy atom. The number of hydrogen-bond acceptors (Lipinski definition) is 3. The molecule has 0 N–H and O–H groups in total. The minimum absolute atomic E-state index is 0.277. The first-order chi connectivity index (χ1) is 5.40. The van der Waals surface area contributed by atoms with Gasteiger partial charge >= 0.3 is 0 Å². The highest BCUT2D eigenvalue weighted by molar-refractivity contribution is 5.67. The van der Waals surface area contributed by atoms with Crippen LogP contribution in [0.15, 0.2) is 22.7 Å². The van der Waals surface area contributed by atoms with Gasteiger partial charge in [0.25, 0.3) is 5.89 Å². The van der Waals surface area contributed by atoms with Gasteiger partial charge in [0.05, 0.1) is 0 Å². The van der Waals surface area contributed by atoms with Gasteiger partial charge < -0.3 is 4.42 Å². The SMILES string of the molecule is C#Cc1nc2ncccc2o1. The number of aromatic nitrogens is 2. The summed E-state index contributed by atoms with van der Waals surface area (Å²) in [6.07, 6.45) is 6.72. The van der Waals surface area contributed by atoms with Gasteiger partial charge in [-0.05, 0) is 18.1 Å². The number of pyridine rings is 1. The summed E-state index contributed by atoms with van der Waals surface area (Å²) in [7, 11) is 0. The van der Waals surface area contributed by atoms with Crippen molar-refractivity contribution in [2.24, 2.45) is 0 Å². The molecule has 2 aromatic heterocycles. The molecule has 0 saturated carbocycles. The van der Waals surface area contributed by atoms with Gasteiger partial charge in [0.1, 0.15) is 0 Å². The van der Waals surface area contributed by atoms with Crippen LogP contribution in [0.2, 0.25) is 0 Å². The van der Waals surface area contributed by atoms with E-state index in [0.29, 0.717) is 11.2 Å². The largest absolute Gasteiger partial charge is 0.428 e. The van der Waals surface area contributed by atoms with Gasteiger partial charge in [-0.2, -0.15) is 4.98 Å². The molecular weight excluding hydrogens is 140 g/mol. The summed E-state index contributed by atoms with van der Waals surface area (Å²) < 4.78 is 5.11. The second kappa shape index (κ2) is 2.10. The van der Waals surface area contributed by atoms with Crippen LogP contribution in [0.25, 0.3) is 11.2 Å². The predicted molar refractivity (Wildman–Crippen MR) is 39.7 cm³/mol. The van der Waals surface area contributed by atoms with Gasteiger partial charge in [-0.1, -0.05) is 0 Å². The van der Waals surface area contributed by atoms with Crippen molar-refractivity contribution in [2.75, 3.05) is 0 Å². The average molecular weight is 144 g/mol. The molecule has 2 heterocycles. The van der Waals surface area contributed by atoms with E-state index in [9.17, 15) is 0 Å². The summed E-state index contributed by atoms with van der Waals surface area (Å²) in [6.45, 7) is 0. The van der Waals surface area contributed by atoms with E-state index in [1.165, 1.54) is 0 Å². The maximum Gasteiger partial charge on any atom is 0.275 e. The fourth-order valence-corrected chi connectivity index (χ4v) is 0.831. The van der Waals surface area contributed by atoms with Crippen LogP contribution in [0, 0.1) is 12.3 Å². The zero-order chi connectivity index (χ0) is 7.68. The van der Waals surface area contributed by atoms with Crippen LogP contribution in [-0.2, 0) is 0 Å². The molecule has 0 unspecified atom stereocenters. The summed E-state index contributed by atoms with van der Waals surface area (Å²) in [4.78, 5) is 7.87. The molecule has 0 aliphatic rings. The molecule has 3 heteroatoms. The zero-order valence-electron chi connectivity index (χ0n) is 5.61. The first-order valence-corrected chi connectivity index (χ1v) is 3.08. The molecule has 0 fully saturated rings. The molecule has 0 aliphatic carbocycles. The lowest BCUT2D eigenvalue weighted by Crippen LogP contribution is -1.73. The van der Waals surface area contributed by atoms with Gasteiger partial charge in [0, 0.05) is 6.20 Å². The Morgan fingerprint density at radius 1 is 1.55 bits per heavy atom. The van der Waals surface area contributed by atoms with Crippen LogP contribution in [-0.4, -0.2) is 9.97 Å². The molecule has 0 aromatic carbocycles. The van der Waals surface area contributed by atoms with E-state index in [1.807, 2.05) is 0 Å². The number of fused-ring (bicyclic) bond motifs is 1. The van der Waals surface area contributed by atoms with Crippen LogP contribution in [0.5, 0.6) is 0 Å². The topological polar surface area (TPSA) is 38.9 Å². The van der Waals surface area contributed by atoms with Crippen molar-refractivity contribution in [3.05, 3.63) is 24.2 Å². The summed E-state index contributed by atoms with van der Waals surface area (Å²) >= 11 is 0. The molecule has 11 heavy (non-hydrogen) atoms. The Morgan fingerprint density at radius 3 is 3.18 bits per heavy atom. The lowest BCUT2D eigenvalue weighted by Gasteiger charge is -1.78. The minimum Gasteiger partial charge on any atom is -0.428 e. The molecule has 52 valence electrons. The van der Waals surface area contributed by atoms with E-state index >= 15 is 0 Å². The first-order valence-electron chi connectivity index (χ1n) is 3.08. The standard InChI is InChI=1S/C8H4N2O/c1-2-7-10-8-6(11-7)4-3-5-9-8/h1,3-5H. The zero-order valence-corrected chi connectivity index (χ0v) is 5.61. The monoisotopic (exact) mass is 144 g/mol. The van der Waals surface area contributed by atoms with E-state index in [4.69, 9.17) is 10.8 Å². The normalized spacial score (nSPS) is 9.73. The second-order valence-corrected chi connectivity index (χ2v) is 1.99. The van der Waals surface area contributed by atoms with Crippen LogP contribution < -0.4 is 0 Å². The molecule has 0 radical (unpaired) electrons. The van der Waals surface area contributed by atoms with Crippen molar-refractivity contribution in [3.63, 3.8) is 0 Å². The maximum atomic E-state index is 5.11. The Bertz CT molecular complexity index is 392. The predicted octanol–water partition coefficient (Wildman–Crippen LogP) is 1.20. The minimum atomic E-state index is 0.277. The molecule has 0 spiro atoms. The molecule has 3 nitrogen and oxygen atoms in total. The van der Waals surface area contributed by atoms with E-state index < -0.39 is 0 Å². The van der Waals surface area contributed by atoms with Crippen molar-refractivity contribution in [1.82, 2.24) is 9.97 Å². The second-order valence-electron chi connectivity index (χ2n) is 1.99. The molecule has 2 aromatic rings. The Labute approximate surface area is 63.1 Å². The van der Waals surface area contributed by atoms with E-state index in [2.05, 4.69) is 15.9 Å². The number of oxazole rings is 1. The summed E-state index contributed by atoms with van der Waals surface area (Å²) in [5.41, 5.74) is 1.18. The molecule has 0 saturated heterocycles. The fourth-order valence-electron chi connectivity index (χ4n) is 0.831. The van der Waals surface area contributed by atoms with Gasteiger partial charge in [0.15, 0.2) is 11.2 Å². The van der Waals surface area contributed by atoms with E-state index in [1.54, 1.807) is 18.3 Å².